The maximum atomic E-state index is 9.63. The fraction of sp³-hybridized carbons (Fsp3) is 0.400. The van der Waals surface area contributed by atoms with Crippen LogP contribution in [0.1, 0.15) is 12.5 Å². The van der Waals surface area contributed by atoms with Gasteiger partial charge in [-0.25, -0.2) is 0 Å². The third kappa shape index (κ3) is 1.48. The number of aromatic hydroxyl groups is 1. The summed E-state index contributed by atoms with van der Waals surface area (Å²) in [5, 5.41) is 9.63. The molecule has 76 valence electrons. The summed E-state index contributed by atoms with van der Waals surface area (Å²) < 4.78 is 10.5. The Morgan fingerprint density at radius 3 is 3.00 bits per heavy atom. The van der Waals surface area contributed by atoms with Gasteiger partial charge in [0.25, 0.3) is 0 Å². The SMILES string of the molecule is CC(N)Cc1c(O)ccc2c1OCO2. The van der Waals surface area contributed by atoms with Gasteiger partial charge in [-0.1, -0.05) is 0 Å². The summed E-state index contributed by atoms with van der Waals surface area (Å²) >= 11 is 0. The minimum absolute atomic E-state index is 0.0170. The molecule has 4 heteroatoms. The molecule has 3 N–H and O–H groups in total. The van der Waals surface area contributed by atoms with Crippen LogP contribution in [0.3, 0.4) is 0 Å². The second kappa shape index (κ2) is 3.38. The molecule has 0 aromatic heterocycles. The van der Waals surface area contributed by atoms with E-state index in [4.69, 9.17) is 15.2 Å². The Kier molecular flexibility index (Phi) is 2.21. The van der Waals surface area contributed by atoms with Gasteiger partial charge in [-0.2, -0.15) is 0 Å². The Labute approximate surface area is 82.2 Å². The predicted molar refractivity (Wildman–Crippen MR) is 51.6 cm³/mol. The van der Waals surface area contributed by atoms with Crippen molar-refractivity contribution in [2.24, 2.45) is 5.73 Å². The standard InChI is InChI=1S/C10H13NO3/c1-6(11)4-7-8(12)2-3-9-10(7)14-5-13-9/h2-3,6,12H,4-5,11H2,1H3. The summed E-state index contributed by atoms with van der Waals surface area (Å²) in [5.74, 6) is 1.52. The first kappa shape index (κ1) is 9.15. The van der Waals surface area contributed by atoms with Crippen LogP contribution in [-0.2, 0) is 6.42 Å². The van der Waals surface area contributed by atoms with E-state index in [2.05, 4.69) is 0 Å². The zero-order chi connectivity index (χ0) is 10.1. The van der Waals surface area contributed by atoms with Crippen molar-refractivity contribution >= 4 is 0 Å². The Bertz CT molecular complexity index is 349. The summed E-state index contributed by atoms with van der Waals surface area (Å²) in [5.41, 5.74) is 6.41. The molecule has 1 heterocycles. The molecule has 2 rings (SSSR count). The number of phenols is 1. The van der Waals surface area contributed by atoms with Gasteiger partial charge < -0.3 is 20.3 Å². The Hall–Kier alpha value is -1.42. The molecule has 1 atom stereocenters. The number of benzene rings is 1. The van der Waals surface area contributed by atoms with Crippen molar-refractivity contribution in [1.82, 2.24) is 0 Å². The van der Waals surface area contributed by atoms with E-state index in [0.29, 0.717) is 17.9 Å². The zero-order valence-electron chi connectivity index (χ0n) is 7.99. The van der Waals surface area contributed by atoms with Gasteiger partial charge in [0.15, 0.2) is 11.5 Å². The van der Waals surface area contributed by atoms with Crippen LogP contribution in [0.15, 0.2) is 12.1 Å². The average Bonchev–Trinajstić information content (AvgIpc) is 2.57. The maximum absolute atomic E-state index is 9.63. The van der Waals surface area contributed by atoms with Gasteiger partial charge in [0.2, 0.25) is 6.79 Å². The number of hydrogen-bond donors (Lipinski definition) is 2. The summed E-state index contributed by atoms with van der Waals surface area (Å²) in [6.07, 6.45) is 0.582. The van der Waals surface area contributed by atoms with Crippen molar-refractivity contribution in [2.45, 2.75) is 19.4 Å². The molecule has 1 aliphatic heterocycles. The van der Waals surface area contributed by atoms with Gasteiger partial charge in [0.05, 0.1) is 0 Å². The van der Waals surface area contributed by atoms with E-state index in [9.17, 15) is 5.11 Å². The Balaban J connectivity index is 2.41. The molecule has 0 spiro atoms. The van der Waals surface area contributed by atoms with E-state index in [1.165, 1.54) is 0 Å². The molecule has 0 bridgehead atoms. The third-order valence-corrected chi connectivity index (χ3v) is 2.14. The van der Waals surface area contributed by atoms with Gasteiger partial charge in [0.1, 0.15) is 5.75 Å². The van der Waals surface area contributed by atoms with Crippen LogP contribution in [0.5, 0.6) is 17.2 Å². The van der Waals surface area contributed by atoms with Crippen LogP contribution in [0.4, 0.5) is 0 Å². The van der Waals surface area contributed by atoms with Crippen molar-refractivity contribution in [3.05, 3.63) is 17.7 Å². The van der Waals surface area contributed by atoms with E-state index < -0.39 is 0 Å². The molecule has 0 aliphatic carbocycles. The number of rotatable bonds is 2. The summed E-state index contributed by atoms with van der Waals surface area (Å²) in [6, 6.07) is 3.28. The van der Waals surface area contributed by atoms with Crippen molar-refractivity contribution in [3.8, 4) is 17.2 Å². The largest absolute Gasteiger partial charge is 0.508 e. The van der Waals surface area contributed by atoms with Gasteiger partial charge >= 0.3 is 0 Å². The molecule has 1 aliphatic rings. The van der Waals surface area contributed by atoms with Crippen LogP contribution >= 0.6 is 0 Å². The van der Waals surface area contributed by atoms with E-state index in [1.807, 2.05) is 6.92 Å². The molecule has 0 saturated carbocycles. The molecule has 1 aromatic carbocycles. The molecular formula is C10H13NO3. The molecular weight excluding hydrogens is 182 g/mol. The number of hydrogen-bond acceptors (Lipinski definition) is 4. The second-order valence-electron chi connectivity index (χ2n) is 3.48. The minimum Gasteiger partial charge on any atom is -0.508 e. The van der Waals surface area contributed by atoms with Crippen LogP contribution in [0, 0.1) is 0 Å². The highest BCUT2D eigenvalue weighted by Gasteiger charge is 2.21. The minimum atomic E-state index is -0.0170. The monoisotopic (exact) mass is 195 g/mol. The van der Waals surface area contributed by atoms with E-state index in [0.717, 1.165) is 5.56 Å². The zero-order valence-corrected chi connectivity index (χ0v) is 7.99. The highest BCUT2D eigenvalue weighted by atomic mass is 16.7. The second-order valence-corrected chi connectivity index (χ2v) is 3.48. The quantitative estimate of drug-likeness (QED) is 0.739. The van der Waals surface area contributed by atoms with Crippen molar-refractivity contribution in [3.63, 3.8) is 0 Å². The highest BCUT2D eigenvalue weighted by molar-refractivity contribution is 5.54. The number of phenolic OH excluding ortho intramolecular Hbond substituents is 1. The molecule has 0 saturated heterocycles. The van der Waals surface area contributed by atoms with E-state index in [-0.39, 0.29) is 18.6 Å². The maximum Gasteiger partial charge on any atom is 0.231 e. The molecule has 0 fully saturated rings. The first-order valence-electron chi connectivity index (χ1n) is 4.54. The third-order valence-electron chi connectivity index (χ3n) is 2.14. The number of ether oxygens (including phenoxy) is 2. The lowest BCUT2D eigenvalue weighted by atomic mass is 10.0. The first-order valence-corrected chi connectivity index (χ1v) is 4.54. The summed E-state index contributed by atoms with van der Waals surface area (Å²) in [7, 11) is 0. The van der Waals surface area contributed by atoms with Crippen LogP contribution < -0.4 is 15.2 Å². The van der Waals surface area contributed by atoms with Crippen LogP contribution in [-0.4, -0.2) is 17.9 Å². The van der Waals surface area contributed by atoms with Gasteiger partial charge in [-0.3, -0.25) is 0 Å². The molecule has 0 radical (unpaired) electrons. The van der Waals surface area contributed by atoms with Gasteiger partial charge in [-0.15, -0.1) is 0 Å². The predicted octanol–water partition coefficient (Wildman–Crippen LogP) is 1.01. The molecule has 14 heavy (non-hydrogen) atoms. The lowest BCUT2D eigenvalue weighted by Crippen LogP contribution is -2.18. The van der Waals surface area contributed by atoms with Gasteiger partial charge in [0, 0.05) is 11.6 Å². The van der Waals surface area contributed by atoms with E-state index >= 15 is 0 Å². The number of nitrogens with two attached hydrogens (primary N) is 1. The average molecular weight is 195 g/mol. The molecule has 1 aromatic rings. The van der Waals surface area contributed by atoms with Crippen molar-refractivity contribution in [1.29, 1.82) is 0 Å². The fourth-order valence-electron chi connectivity index (χ4n) is 1.54. The van der Waals surface area contributed by atoms with E-state index in [1.54, 1.807) is 12.1 Å². The van der Waals surface area contributed by atoms with Gasteiger partial charge in [-0.05, 0) is 25.5 Å². The molecule has 0 amide bonds. The topological polar surface area (TPSA) is 64.7 Å². The lowest BCUT2D eigenvalue weighted by molar-refractivity contribution is 0.173. The molecule has 4 nitrogen and oxygen atoms in total. The van der Waals surface area contributed by atoms with Crippen LogP contribution in [0.2, 0.25) is 0 Å². The summed E-state index contributed by atoms with van der Waals surface area (Å²) in [6.45, 7) is 2.10. The normalized spacial score (nSPS) is 15.6. The van der Waals surface area contributed by atoms with Crippen LogP contribution in [0.25, 0.3) is 0 Å². The highest BCUT2D eigenvalue weighted by Crippen LogP contribution is 2.40. The molecule has 1 unspecified atom stereocenters. The Morgan fingerprint density at radius 2 is 2.29 bits per heavy atom. The number of fused-ring (bicyclic) bond motifs is 1. The van der Waals surface area contributed by atoms with Crippen molar-refractivity contribution in [2.75, 3.05) is 6.79 Å². The lowest BCUT2D eigenvalue weighted by Gasteiger charge is -2.10. The first-order chi connectivity index (χ1) is 6.68. The fourth-order valence-corrected chi connectivity index (χ4v) is 1.54. The smallest absolute Gasteiger partial charge is 0.231 e. The Morgan fingerprint density at radius 1 is 1.50 bits per heavy atom. The van der Waals surface area contributed by atoms with Crippen molar-refractivity contribution < 1.29 is 14.6 Å². The summed E-state index contributed by atoms with van der Waals surface area (Å²) in [4.78, 5) is 0.